The van der Waals surface area contributed by atoms with Crippen LogP contribution in [0.1, 0.15) is 52.7 Å². The zero-order chi connectivity index (χ0) is 29.2. The number of benzene rings is 4. The molecule has 7 aromatic rings. The van der Waals surface area contributed by atoms with Crippen molar-refractivity contribution in [3.8, 4) is 34.1 Å². The molecule has 42 heavy (non-hydrogen) atoms. The van der Waals surface area contributed by atoms with Gasteiger partial charge in [0.05, 0.1) is 11.4 Å². The van der Waals surface area contributed by atoms with Crippen molar-refractivity contribution >= 4 is 32.7 Å². The average Bonchev–Trinajstić information content (AvgIpc) is 3.35. The van der Waals surface area contributed by atoms with Gasteiger partial charge in [0.2, 0.25) is 5.88 Å². The minimum atomic E-state index is -0.157. The predicted molar refractivity (Wildman–Crippen MR) is 173 cm³/mol. The van der Waals surface area contributed by atoms with Crippen LogP contribution >= 0.6 is 0 Å². The largest absolute Gasteiger partial charge is 0.456 e. The lowest BCUT2D eigenvalue weighted by atomic mass is 9.85. The second-order valence-corrected chi connectivity index (χ2v) is 13.2. The van der Waals surface area contributed by atoms with E-state index in [1.807, 2.05) is 30.3 Å². The van der Waals surface area contributed by atoms with Crippen LogP contribution in [0, 0.1) is 0 Å². The van der Waals surface area contributed by atoms with Crippen LogP contribution in [-0.4, -0.2) is 9.97 Å². The summed E-state index contributed by atoms with van der Waals surface area (Å²) < 4.78 is 13.1. The van der Waals surface area contributed by atoms with Gasteiger partial charge in [-0.15, -0.1) is 0 Å². The maximum Gasteiger partial charge on any atom is 0.223 e. The Labute approximate surface area is 246 Å². The molecule has 0 bridgehead atoms. The maximum atomic E-state index is 6.72. The fourth-order valence-electron chi connectivity index (χ4n) is 5.74. The summed E-state index contributed by atoms with van der Waals surface area (Å²) in [7, 11) is 0. The Bertz CT molecular complexity index is 2080. The number of furan rings is 1. The first-order valence-electron chi connectivity index (χ1n) is 14.5. The molecule has 4 nitrogen and oxygen atoms in total. The van der Waals surface area contributed by atoms with Gasteiger partial charge in [-0.25, -0.2) is 4.98 Å². The van der Waals surface area contributed by atoms with E-state index in [4.69, 9.17) is 14.1 Å². The number of hydrogen-bond acceptors (Lipinski definition) is 4. The van der Waals surface area contributed by atoms with Gasteiger partial charge in [-0.1, -0.05) is 84.0 Å². The normalized spacial score (nSPS) is 12.5. The molecule has 0 fully saturated rings. The topological polar surface area (TPSA) is 48.2 Å². The van der Waals surface area contributed by atoms with Crippen molar-refractivity contribution in [2.75, 3.05) is 0 Å². The standard InChI is InChI=1S/C38H34N2O2/c1-37(2,3)27-19-26(25-18-24-14-13-23-10-9-12-32-34(23)35(24)33(21-25)42-32)20-28(22-27)41-36-29(38(4,5)6)15-16-31(40-36)30-11-7-8-17-39-30/h7-22H,1-6H3. The van der Waals surface area contributed by atoms with Crippen molar-refractivity contribution in [1.82, 2.24) is 9.97 Å². The molecule has 4 heteroatoms. The van der Waals surface area contributed by atoms with E-state index in [0.717, 1.165) is 45.0 Å². The number of hydrogen-bond donors (Lipinski definition) is 0. The Morgan fingerprint density at radius 1 is 0.619 bits per heavy atom. The Balaban J connectivity index is 1.38. The van der Waals surface area contributed by atoms with Crippen LogP contribution in [0.15, 0.2) is 102 Å². The van der Waals surface area contributed by atoms with Crippen molar-refractivity contribution in [2.45, 2.75) is 52.4 Å². The smallest absolute Gasteiger partial charge is 0.223 e. The number of ether oxygens (including phenoxy) is 1. The predicted octanol–water partition coefficient (Wildman–Crippen LogP) is 10.7. The van der Waals surface area contributed by atoms with Gasteiger partial charge in [0, 0.05) is 22.5 Å². The van der Waals surface area contributed by atoms with E-state index in [2.05, 4.69) is 107 Å². The molecular weight excluding hydrogens is 516 g/mol. The van der Waals surface area contributed by atoms with Gasteiger partial charge in [-0.3, -0.25) is 4.98 Å². The second kappa shape index (κ2) is 9.42. The van der Waals surface area contributed by atoms with Crippen molar-refractivity contribution < 1.29 is 9.15 Å². The number of aromatic nitrogens is 2. The molecule has 3 heterocycles. The molecule has 0 radical (unpaired) electrons. The molecule has 0 aliphatic rings. The minimum Gasteiger partial charge on any atom is -0.456 e. The summed E-state index contributed by atoms with van der Waals surface area (Å²) in [4.78, 5) is 9.51. The molecule has 3 aromatic heterocycles. The molecular formula is C38H34N2O2. The first kappa shape index (κ1) is 26.2. The van der Waals surface area contributed by atoms with Crippen LogP contribution in [0.2, 0.25) is 0 Å². The number of pyridine rings is 2. The van der Waals surface area contributed by atoms with E-state index in [1.54, 1.807) is 6.20 Å². The van der Waals surface area contributed by atoms with Crippen LogP contribution in [0.5, 0.6) is 11.6 Å². The third-order valence-electron chi connectivity index (χ3n) is 8.02. The zero-order valence-corrected chi connectivity index (χ0v) is 24.9. The molecule has 0 spiro atoms. The molecule has 0 amide bonds. The summed E-state index contributed by atoms with van der Waals surface area (Å²) in [5.41, 5.74) is 7.57. The van der Waals surface area contributed by atoms with E-state index < -0.39 is 0 Å². The lowest BCUT2D eigenvalue weighted by molar-refractivity contribution is 0.435. The van der Waals surface area contributed by atoms with Gasteiger partial charge in [0.15, 0.2) is 0 Å². The van der Waals surface area contributed by atoms with Crippen LogP contribution in [0.4, 0.5) is 0 Å². The van der Waals surface area contributed by atoms with Crippen molar-refractivity contribution in [1.29, 1.82) is 0 Å². The van der Waals surface area contributed by atoms with E-state index in [9.17, 15) is 0 Å². The molecule has 7 rings (SSSR count). The lowest BCUT2D eigenvalue weighted by Gasteiger charge is -2.24. The van der Waals surface area contributed by atoms with Crippen LogP contribution in [0.3, 0.4) is 0 Å². The second-order valence-electron chi connectivity index (χ2n) is 13.2. The molecule has 0 saturated heterocycles. The Morgan fingerprint density at radius 3 is 2.17 bits per heavy atom. The highest BCUT2D eigenvalue weighted by atomic mass is 16.5. The molecule has 0 aliphatic carbocycles. The van der Waals surface area contributed by atoms with Crippen LogP contribution in [0.25, 0.3) is 55.2 Å². The van der Waals surface area contributed by atoms with Crippen molar-refractivity contribution in [3.05, 3.63) is 108 Å². The number of rotatable bonds is 4. The van der Waals surface area contributed by atoms with Gasteiger partial charge in [-0.05, 0) is 86.8 Å². The highest BCUT2D eigenvalue weighted by Gasteiger charge is 2.24. The third-order valence-corrected chi connectivity index (χ3v) is 8.02. The van der Waals surface area contributed by atoms with E-state index >= 15 is 0 Å². The summed E-state index contributed by atoms with van der Waals surface area (Å²) in [6, 6.07) is 31.6. The maximum absolute atomic E-state index is 6.72. The lowest BCUT2D eigenvalue weighted by Crippen LogP contribution is -2.14. The molecule has 4 aromatic carbocycles. The highest BCUT2D eigenvalue weighted by Crippen LogP contribution is 2.42. The van der Waals surface area contributed by atoms with Gasteiger partial charge in [0.25, 0.3) is 0 Å². The van der Waals surface area contributed by atoms with Gasteiger partial charge < -0.3 is 9.15 Å². The van der Waals surface area contributed by atoms with Gasteiger partial charge >= 0.3 is 0 Å². The molecule has 0 N–H and O–H groups in total. The summed E-state index contributed by atoms with van der Waals surface area (Å²) in [5.74, 6) is 1.35. The van der Waals surface area contributed by atoms with Crippen molar-refractivity contribution in [3.63, 3.8) is 0 Å². The fraction of sp³-hybridized carbons (Fsp3) is 0.211. The van der Waals surface area contributed by atoms with Crippen LogP contribution in [-0.2, 0) is 10.8 Å². The molecule has 0 saturated carbocycles. The monoisotopic (exact) mass is 550 g/mol. The van der Waals surface area contributed by atoms with E-state index in [0.29, 0.717) is 5.88 Å². The Kier molecular flexibility index (Phi) is 5.88. The van der Waals surface area contributed by atoms with Crippen molar-refractivity contribution in [2.24, 2.45) is 0 Å². The van der Waals surface area contributed by atoms with Gasteiger partial charge in [-0.2, -0.15) is 0 Å². The Hall–Kier alpha value is -4.70. The third kappa shape index (κ3) is 4.57. The van der Waals surface area contributed by atoms with Gasteiger partial charge in [0.1, 0.15) is 16.9 Å². The number of nitrogens with zero attached hydrogens (tertiary/aromatic N) is 2. The SMILES string of the molecule is CC(C)(C)c1cc(Oc2nc(-c3ccccn3)ccc2C(C)(C)C)cc(-c2cc3ccc4cccc5oc(c2)c3c45)c1. The van der Waals surface area contributed by atoms with E-state index in [-0.39, 0.29) is 10.8 Å². The summed E-state index contributed by atoms with van der Waals surface area (Å²) in [5, 5.41) is 4.74. The minimum absolute atomic E-state index is 0.0866. The van der Waals surface area contributed by atoms with Crippen LogP contribution < -0.4 is 4.74 Å². The fourth-order valence-corrected chi connectivity index (χ4v) is 5.74. The first-order valence-corrected chi connectivity index (χ1v) is 14.5. The summed E-state index contributed by atoms with van der Waals surface area (Å²) >= 11 is 0. The Morgan fingerprint density at radius 2 is 1.40 bits per heavy atom. The summed E-state index contributed by atoms with van der Waals surface area (Å²) in [6.07, 6.45) is 1.79. The average molecular weight is 551 g/mol. The molecule has 208 valence electrons. The zero-order valence-electron chi connectivity index (χ0n) is 24.9. The highest BCUT2D eigenvalue weighted by molar-refractivity contribution is 6.22. The van der Waals surface area contributed by atoms with E-state index in [1.165, 1.54) is 27.1 Å². The first-order chi connectivity index (χ1) is 20.0. The quantitative estimate of drug-likeness (QED) is 0.205. The molecule has 0 atom stereocenters. The molecule has 0 unspecified atom stereocenters. The summed E-state index contributed by atoms with van der Waals surface area (Å²) in [6.45, 7) is 13.2. The molecule has 0 aliphatic heterocycles.